The van der Waals surface area contributed by atoms with Crippen LogP contribution in [-0.2, 0) is 15.7 Å². The first kappa shape index (κ1) is 19.7. The number of halogens is 4. The Bertz CT molecular complexity index is 536. The topological polar surface area (TPSA) is 64.3 Å². The molecule has 0 aromatic heterocycles. The Morgan fingerprint density at radius 1 is 1.43 bits per heavy atom. The third-order valence-electron chi connectivity index (χ3n) is 3.65. The second kappa shape index (κ2) is 7.99. The van der Waals surface area contributed by atoms with Crippen molar-refractivity contribution in [3.05, 3.63) is 35.4 Å². The van der Waals surface area contributed by atoms with Crippen LogP contribution < -0.4 is 11.1 Å². The molecular formula is C15H20ClF3N2O2. The van der Waals surface area contributed by atoms with E-state index < -0.39 is 29.7 Å². The van der Waals surface area contributed by atoms with Gasteiger partial charge >= 0.3 is 6.18 Å². The van der Waals surface area contributed by atoms with Gasteiger partial charge in [-0.2, -0.15) is 13.2 Å². The number of nitrogens with two attached hydrogens (primary N) is 1. The predicted octanol–water partition coefficient (Wildman–Crippen LogP) is 2.67. The predicted molar refractivity (Wildman–Crippen MR) is 82.2 cm³/mol. The maximum atomic E-state index is 12.8. The van der Waals surface area contributed by atoms with Crippen LogP contribution in [0, 0.1) is 5.92 Å². The standard InChI is InChI=1S/C15H19F3N2O2.ClH/c1-22-8-12(19)14(21)20-13(9-5-6-9)10-3-2-4-11(7-10)15(16,17)18;/h2-4,7,9,12-13H,5-6,8,19H2,1H3,(H,20,21);1H. The molecule has 23 heavy (non-hydrogen) atoms. The molecule has 3 N–H and O–H groups in total. The summed E-state index contributed by atoms with van der Waals surface area (Å²) in [5.74, 6) is -0.265. The number of alkyl halides is 3. The van der Waals surface area contributed by atoms with Crippen LogP contribution in [0.25, 0.3) is 0 Å². The van der Waals surface area contributed by atoms with Crippen LogP contribution in [0.3, 0.4) is 0 Å². The highest BCUT2D eigenvalue weighted by Gasteiger charge is 2.36. The number of hydrogen-bond donors (Lipinski definition) is 2. The summed E-state index contributed by atoms with van der Waals surface area (Å²) in [5.41, 5.74) is 5.39. The maximum absolute atomic E-state index is 12.8. The average Bonchev–Trinajstić information content (AvgIpc) is 3.28. The monoisotopic (exact) mass is 352 g/mol. The summed E-state index contributed by atoms with van der Waals surface area (Å²) in [7, 11) is 1.43. The normalized spacial score (nSPS) is 17.1. The van der Waals surface area contributed by atoms with Crippen molar-refractivity contribution in [1.82, 2.24) is 5.32 Å². The lowest BCUT2D eigenvalue weighted by molar-refractivity contribution is -0.137. The quantitative estimate of drug-likeness (QED) is 0.827. The van der Waals surface area contributed by atoms with Crippen molar-refractivity contribution < 1.29 is 22.7 Å². The summed E-state index contributed by atoms with van der Waals surface area (Å²) in [4.78, 5) is 12.0. The first-order valence-electron chi connectivity index (χ1n) is 7.05. The number of benzene rings is 1. The fraction of sp³-hybridized carbons (Fsp3) is 0.533. The smallest absolute Gasteiger partial charge is 0.383 e. The number of hydrogen-bond acceptors (Lipinski definition) is 3. The zero-order valence-electron chi connectivity index (χ0n) is 12.6. The van der Waals surface area contributed by atoms with Gasteiger partial charge in [0.25, 0.3) is 0 Å². The molecule has 1 saturated carbocycles. The second-order valence-electron chi connectivity index (χ2n) is 5.51. The van der Waals surface area contributed by atoms with E-state index in [4.69, 9.17) is 10.5 Å². The fourth-order valence-electron chi connectivity index (χ4n) is 2.33. The van der Waals surface area contributed by atoms with Crippen LogP contribution in [-0.4, -0.2) is 25.7 Å². The molecule has 130 valence electrons. The van der Waals surface area contributed by atoms with Gasteiger partial charge in [0.2, 0.25) is 5.91 Å². The number of rotatable bonds is 6. The lowest BCUT2D eigenvalue weighted by Gasteiger charge is -2.22. The molecule has 0 aliphatic heterocycles. The van der Waals surface area contributed by atoms with E-state index in [2.05, 4.69) is 5.32 Å². The minimum absolute atomic E-state index is 0. The van der Waals surface area contributed by atoms with Crippen LogP contribution >= 0.6 is 12.4 Å². The second-order valence-corrected chi connectivity index (χ2v) is 5.51. The summed E-state index contributed by atoms with van der Waals surface area (Å²) >= 11 is 0. The van der Waals surface area contributed by atoms with Gasteiger partial charge in [-0.1, -0.05) is 12.1 Å². The first-order valence-corrected chi connectivity index (χ1v) is 7.05. The lowest BCUT2D eigenvalue weighted by Crippen LogP contribution is -2.45. The molecule has 1 fully saturated rings. The number of ether oxygens (including phenoxy) is 1. The molecule has 8 heteroatoms. The molecule has 0 radical (unpaired) electrons. The molecular weight excluding hydrogens is 333 g/mol. The number of nitrogens with one attached hydrogen (secondary N) is 1. The van der Waals surface area contributed by atoms with Gasteiger partial charge in [-0.3, -0.25) is 4.79 Å². The molecule has 2 atom stereocenters. The van der Waals surface area contributed by atoms with Crippen molar-refractivity contribution >= 4 is 18.3 Å². The lowest BCUT2D eigenvalue weighted by atomic mass is 9.99. The number of amides is 1. The number of carbonyl (C=O) groups is 1. The van der Waals surface area contributed by atoms with Crippen LogP contribution in [0.5, 0.6) is 0 Å². The molecule has 1 aliphatic rings. The van der Waals surface area contributed by atoms with Crippen LogP contribution in [0.1, 0.15) is 30.0 Å². The highest BCUT2D eigenvalue weighted by atomic mass is 35.5. The number of methoxy groups -OCH3 is 1. The van der Waals surface area contributed by atoms with Gasteiger partial charge in [-0.25, -0.2) is 0 Å². The molecule has 2 rings (SSSR count). The molecule has 0 spiro atoms. The molecule has 1 aromatic rings. The minimum atomic E-state index is -4.40. The van der Waals surface area contributed by atoms with Gasteiger partial charge in [0.15, 0.2) is 0 Å². The highest BCUT2D eigenvalue weighted by Crippen LogP contribution is 2.42. The van der Waals surface area contributed by atoms with E-state index in [1.54, 1.807) is 6.07 Å². The Hall–Kier alpha value is -1.31. The van der Waals surface area contributed by atoms with E-state index >= 15 is 0 Å². The molecule has 0 saturated heterocycles. The molecule has 2 unspecified atom stereocenters. The summed E-state index contributed by atoms with van der Waals surface area (Å²) < 4.78 is 43.3. The van der Waals surface area contributed by atoms with E-state index in [0.29, 0.717) is 5.56 Å². The third-order valence-corrected chi connectivity index (χ3v) is 3.65. The SMILES string of the molecule is COCC(N)C(=O)NC(c1cccc(C(F)(F)F)c1)C1CC1.Cl. The van der Waals surface area contributed by atoms with E-state index in [1.807, 2.05) is 0 Å². The molecule has 4 nitrogen and oxygen atoms in total. The van der Waals surface area contributed by atoms with Crippen molar-refractivity contribution in [3.8, 4) is 0 Å². The van der Waals surface area contributed by atoms with Crippen molar-refractivity contribution in [3.63, 3.8) is 0 Å². The molecule has 0 heterocycles. The van der Waals surface area contributed by atoms with E-state index in [-0.39, 0.29) is 24.9 Å². The van der Waals surface area contributed by atoms with Gasteiger partial charge in [0, 0.05) is 7.11 Å². The van der Waals surface area contributed by atoms with Crippen molar-refractivity contribution in [1.29, 1.82) is 0 Å². The fourth-order valence-corrected chi connectivity index (χ4v) is 2.33. The third kappa shape index (κ3) is 5.37. The average molecular weight is 353 g/mol. The van der Waals surface area contributed by atoms with Crippen molar-refractivity contribution in [2.24, 2.45) is 11.7 Å². The molecule has 1 amide bonds. The van der Waals surface area contributed by atoms with E-state index in [0.717, 1.165) is 25.0 Å². The Labute approximate surface area is 139 Å². The largest absolute Gasteiger partial charge is 0.416 e. The Kier molecular flexibility index (Phi) is 6.85. The highest BCUT2D eigenvalue weighted by molar-refractivity contribution is 5.85. The Balaban J connectivity index is 0.00000264. The summed E-state index contributed by atoms with van der Waals surface area (Å²) in [5, 5.41) is 2.75. The zero-order valence-corrected chi connectivity index (χ0v) is 13.4. The zero-order chi connectivity index (χ0) is 16.3. The first-order chi connectivity index (χ1) is 10.3. The Morgan fingerprint density at radius 3 is 2.61 bits per heavy atom. The molecule has 0 bridgehead atoms. The van der Waals surface area contributed by atoms with Crippen molar-refractivity contribution in [2.75, 3.05) is 13.7 Å². The molecule has 1 aliphatic carbocycles. The van der Waals surface area contributed by atoms with E-state index in [1.165, 1.54) is 13.2 Å². The van der Waals surface area contributed by atoms with Gasteiger partial charge in [-0.05, 0) is 36.5 Å². The van der Waals surface area contributed by atoms with Gasteiger partial charge in [0.05, 0.1) is 18.2 Å². The summed E-state index contributed by atoms with van der Waals surface area (Å²) in [6, 6.07) is 3.78. The van der Waals surface area contributed by atoms with Crippen LogP contribution in [0.4, 0.5) is 13.2 Å². The van der Waals surface area contributed by atoms with Gasteiger partial charge < -0.3 is 15.8 Å². The van der Waals surface area contributed by atoms with Crippen LogP contribution in [0.2, 0.25) is 0 Å². The van der Waals surface area contributed by atoms with Gasteiger partial charge in [0.1, 0.15) is 6.04 Å². The van der Waals surface area contributed by atoms with Gasteiger partial charge in [-0.15, -0.1) is 12.4 Å². The number of carbonyl (C=O) groups excluding carboxylic acids is 1. The van der Waals surface area contributed by atoms with E-state index in [9.17, 15) is 18.0 Å². The minimum Gasteiger partial charge on any atom is -0.383 e. The summed E-state index contributed by atoms with van der Waals surface area (Å²) in [6.45, 7) is 0.0613. The maximum Gasteiger partial charge on any atom is 0.416 e. The van der Waals surface area contributed by atoms with Crippen LogP contribution in [0.15, 0.2) is 24.3 Å². The summed E-state index contributed by atoms with van der Waals surface area (Å²) in [6.07, 6.45) is -2.65. The Morgan fingerprint density at radius 2 is 2.09 bits per heavy atom. The molecule has 1 aromatic carbocycles. The van der Waals surface area contributed by atoms with Crippen molar-refractivity contribution in [2.45, 2.75) is 31.1 Å².